The quantitative estimate of drug-likeness (QED) is 0.497. The van der Waals surface area contributed by atoms with Crippen molar-refractivity contribution in [3.05, 3.63) is 0 Å². The van der Waals surface area contributed by atoms with Crippen LogP contribution >= 0.6 is 0 Å². The molecule has 1 saturated heterocycles. The number of hydrogen-bond donors (Lipinski definition) is 0. The fourth-order valence-electron chi connectivity index (χ4n) is 1.56. The zero-order valence-electron chi connectivity index (χ0n) is 8.41. The predicted octanol–water partition coefficient (Wildman–Crippen LogP) is 1.90. The first-order valence-corrected chi connectivity index (χ1v) is 4.89. The summed E-state index contributed by atoms with van der Waals surface area (Å²) in [5.74, 6) is -0.440. The molecule has 0 spiro atoms. The Kier molecular flexibility index (Phi) is 3.88. The van der Waals surface area contributed by atoms with Gasteiger partial charge in [0, 0.05) is 6.42 Å². The Bertz CT molecular complexity index is 166. The highest BCUT2D eigenvalue weighted by Gasteiger charge is 2.28. The second-order valence-electron chi connectivity index (χ2n) is 3.87. The molecule has 3 nitrogen and oxygen atoms in total. The van der Waals surface area contributed by atoms with E-state index < -0.39 is 5.79 Å². The van der Waals surface area contributed by atoms with Crippen molar-refractivity contribution in [2.75, 3.05) is 6.61 Å². The molecule has 0 aromatic rings. The van der Waals surface area contributed by atoms with Crippen LogP contribution in [0.4, 0.5) is 0 Å². The summed E-state index contributed by atoms with van der Waals surface area (Å²) < 4.78 is 11.1. The lowest BCUT2D eigenvalue weighted by atomic mass is 10.1. The van der Waals surface area contributed by atoms with Gasteiger partial charge in [-0.25, -0.2) is 0 Å². The smallest absolute Gasteiger partial charge is 0.163 e. The lowest BCUT2D eigenvalue weighted by Gasteiger charge is -2.36. The summed E-state index contributed by atoms with van der Waals surface area (Å²) in [6, 6.07) is 0. The molecule has 0 saturated carbocycles. The van der Waals surface area contributed by atoms with Crippen LogP contribution in [0.3, 0.4) is 0 Å². The second kappa shape index (κ2) is 4.72. The summed E-state index contributed by atoms with van der Waals surface area (Å²) in [4.78, 5) is 10.1. The Labute approximate surface area is 79.4 Å². The fourth-order valence-corrected chi connectivity index (χ4v) is 1.56. The van der Waals surface area contributed by atoms with Crippen molar-refractivity contribution in [2.24, 2.45) is 0 Å². The molecule has 1 rings (SSSR count). The molecule has 3 heteroatoms. The van der Waals surface area contributed by atoms with Crippen LogP contribution in [0.5, 0.6) is 0 Å². The van der Waals surface area contributed by atoms with Crippen LogP contribution in [-0.4, -0.2) is 24.8 Å². The molecule has 1 heterocycles. The first kappa shape index (κ1) is 10.7. The first-order valence-electron chi connectivity index (χ1n) is 4.89. The average Bonchev–Trinajstić information content (AvgIpc) is 2.03. The van der Waals surface area contributed by atoms with Gasteiger partial charge in [-0.3, -0.25) is 0 Å². The monoisotopic (exact) mass is 186 g/mol. The van der Waals surface area contributed by atoms with Crippen molar-refractivity contribution in [1.29, 1.82) is 0 Å². The molecular weight excluding hydrogens is 168 g/mol. The molecular formula is C10H18O3. The number of hydrogen-bond acceptors (Lipinski definition) is 3. The summed E-state index contributed by atoms with van der Waals surface area (Å²) in [5, 5.41) is 0. The molecule has 1 atom stereocenters. The normalized spacial score (nSPS) is 27.1. The van der Waals surface area contributed by atoms with Crippen molar-refractivity contribution in [3.8, 4) is 0 Å². The average molecular weight is 186 g/mol. The van der Waals surface area contributed by atoms with Gasteiger partial charge in [-0.15, -0.1) is 0 Å². The topological polar surface area (TPSA) is 35.5 Å². The highest BCUT2D eigenvalue weighted by molar-refractivity contribution is 5.48. The van der Waals surface area contributed by atoms with Gasteiger partial charge in [0.2, 0.25) is 0 Å². The van der Waals surface area contributed by atoms with E-state index in [0.29, 0.717) is 6.42 Å². The molecule has 0 aromatic carbocycles. The number of ether oxygens (including phenoxy) is 2. The number of carbonyl (C=O) groups excluding carboxylic acids is 1. The Morgan fingerprint density at radius 2 is 2.31 bits per heavy atom. The third-order valence-corrected chi connectivity index (χ3v) is 2.19. The maximum atomic E-state index is 10.1. The first-order chi connectivity index (χ1) is 6.14. The molecule has 13 heavy (non-hydrogen) atoms. The molecule has 0 N–H and O–H groups in total. The van der Waals surface area contributed by atoms with Gasteiger partial charge in [0.05, 0.1) is 12.7 Å². The van der Waals surface area contributed by atoms with Crippen LogP contribution in [0, 0.1) is 0 Å². The van der Waals surface area contributed by atoms with E-state index in [-0.39, 0.29) is 6.10 Å². The van der Waals surface area contributed by atoms with Crippen LogP contribution in [0.1, 0.15) is 39.5 Å². The van der Waals surface area contributed by atoms with Crippen molar-refractivity contribution in [1.82, 2.24) is 0 Å². The number of rotatable bonds is 4. The van der Waals surface area contributed by atoms with Gasteiger partial charge in [-0.1, -0.05) is 0 Å². The summed E-state index contributed by atoms with van der Waals surface area (Å²) in [5.41, 5.74) is 0. The summed E-state index contributed by atoms with van der Waals surface area (Å²) in [6.45, 7) is 4.62. The van der Waals surface area contributed by atoms with E-state index in [1.54, 1.807) is 0 Å². The minimum absolute atomic E-state index is 0.267. The lowest BCUT2D eigenvalue weighted by molar-refractivity contribution is -0.274. The summed E-state index contributed by atoms with van der Waals surface area (Å²) in [6.07, 6.45) is 4.70. The Hall–Kier alpha value is -0.410. The Balaban J connectivity index is 2.22. The number of unbranched alkanes of at least 4 members (excludes halogenated alkanes) is 1. The number of carbonyl (C=O) groups is 1. The third kappa shape index (κ3) is 3.87. The highest BCUT2D eigenvalue weighted by atomic mass is 16.7. The number of aldehydes is 1. The van der Waals surface area contributed by atoms with Gasteiger partial charge >= 0.3 is 0 Å². The van der Waals surface area contributed by atoms with E-state index in [1.165, 1.54) is 0 Å². The minimum Gasteiger partial charge on any atom is -0.350 e. The highest BCUT2D eigenvalue weighted by Crippen LogP contribution is 2.24. The second-order valence-corrected chi connectivity index (χ2v) is 3.87. The van der Waals surface area contributed by atoms with Gasteiger partial charge in [-0.2, -0.15) is 0 Å². The summed E-state index contributed by atoms with van der Waals surface area (Å²) in [7, 11) is 0. The zero-order valence-corrected chi connectivity index (χ0v) is 8.41. The van der Waals surface area contributed by atoms with Crippen molar-refractivity contribution >= 4 is 6.29 Å². The molecule has 0 amide bonds. The Morgan fingerprint density at radius 1 is 1.54 bits per heavy atom. The van der Waals surface area contributed by atoms with Crippen LogP contribution in [-0.2, 0) is 14.3 Å². The third-order valence-electron chi connectivity index (χ3n) is 2.19. The minimum atomic E-state index is -0.440. The fraction of sp³-hybridized carbons (Fsp3) is 0.900. The van der Waals surface area contributed by atoms with Crippen molar-refractivity contribution in [2.45, 2.75) is 51.4 Å². The SMILES string of the molecule is CC1(C)OCCC(CCCC=O)O1. The molecule has 0 aromatic heterocycles. The molecule has 1 aliphatic rings. The molecule has 1 fully saturated rings. The van der Waals surface area contributed by atoms with E-state index >= 15 is 0 Å². The Morgan fingerprint density at radius 3 is 2.92 bits per heavy atom. The van der Waals surface area contributed by atoms with Gasteiger partial charge in [0.1, 0.15) is 6.29 Å². The van der Waals surface area contributed by atoms with Gasteiger partial charge in [0.15, 0.2) is 5.79 Å². The molecule has 76 valence electrons. The van der Waals surface area contributed by atoms with Gasteiger partial charge in [0.25, 0.3) is 0 Å². The van der Waals surface area contributed by atoms with E-state index in [2.05, 4.69) is 0 Å². The van der Waals surface area contributed by atoms with Crippen LogP contribution < -0.4 is 0 Å². The maximum Gasteiger partial charge on any atom is 0.163 e. The predicted molar refractivity (Wildman–Crippen MR) is 49.4 cm³/mol. The van der Waals surface area contributed by atoms with Crippen LogP contribution in [0.25, 0.3) is 0 Å². The molecule has 0 bridgehead atoms. The largest absolute Gasteiger partial charge is 0.350 e. The van der Waals surface area contributed by atoms with E-state index in [0.717, 1.165) is 32.2 Å². The standard InChI is InChI=1S/C10H18O3/c1-10(2)12-8-6-9(13-10)5-3-4-7-11/h7,9H,3-6,8H2,1-2H3. The van der Waals surface area contributed by atoms with E-state index in [1.807, 2.05) is 13.8 Å². The van der Waals surface area contributed by atoms with Crippen molar-refractivity contribution in [3.63, 3.8) is 0 Å². The van der Waals surface area contributed by atoms with Crippen LogP contribution in [0.2, 0.25) is 0 Å². The van der Waals surface area contributed by atoms with Crippen LogP contribution in [0.15, 0.2) is 0 Å². The molecule has 0 radical (unpaired) electrons. The van der Waals surface area contributed by atoms with Crippen molar-refractivity contribution < 1.29 is 14.3 Å². The lowest BCUT2D eigenvalue weighted by Crippen LogP contribution is -2.39. The zero-order chi connectivity index (χ0) is 9.73. The van der Waals surface area contributed by atoms with Gasteiger partial charge < -0.3 is 14.3 Å². The van der Waals surface area contributed by atoms with E-state index in [9.17, 15) is 4.79 Å². The summed E-state index contributed by atoms with van der Waals surface area (Å²) >= 11 is 0. The van der Waals surface area contributed by atoms with E-state index in [4.69, 9.17) is 9.47 Å². The maximum absolute atomic E-state index is 10.1. The van der Waals surface area contributed by atoms with Gasteiger partial charge in [-0.05, 0) is 33.1 Å². The molecule has 1 aliphatic heterocycles. The molecule has 0 aliphatic carbocycles. The molecule has 1 unspecified atom stereocenters.